The van der Waals surface area contributed by atoms with Gasteiger partial charge in [0.05, 0.1) is 0 Å². The Balaban J connectivity index is 1.58. The van der Waals surface area contributed by atoms with Crippen LogP contribution in [0.25, 0.3) is 0 Å². The normalized spacial score (nSPS) is 17.1. The van der Waals surface area contributed by atoms with Crippen molar-refractivity contribution in [1.29, 1.82) is 0 Å². The molecule has 0 spiro atoms. The summed E-state index contributed by atoms with van der Waals surface area (Å²) in [5.74, 6) is -2.86. The zero-order valence-corrected chi connectivity index (χ0v) is 15.7. The van der Waals surface area contributed by atoms with Gasteiger partial charge in [0.15, 0.2) is 0 Å². The molecule has 0 atom stereocenters. The van der Waals surface area contributed by atoms with Crippen LogP contribution in [0.3, 0.4) is 0 Å². The van der Waals surface area contributed by atoms with Crippen LogP contribution in [0, 0.1) is 0 Å². The highest BCUT2D eigenvalue weighted by molar-refractivity contribution is 7.87. The molecule has 0 unspecified atom stereocenters. The van der Waals surface area contributed by atoms with Crippen LogP contribution < -0.4 is 9.44 Å². The molecule has 2 heterocycles. The van der Waals surface area contributed by atoms with E-state index in [1.807, 2.05) is 0 Å². The molecule has 0 bridgehead atoms. The summed E-state index contributed by atoms with van der Waals surface area (Å²) in [7, 11) is -3.82. The number of nitrogens with zero attached hydrogens (tertiary/aromatic N) is 2. The average molecular weight is 416 g/mol. The lowest BCUT2D eigenvalue weighted by Gasteiger charge is -2.14. The van der Waals surface area contributed by atoms with E-state index in [0.29, 0.717) is 5.06 Å². The second-order valence-electron chi connectivity index (χ2n) is 5.96. The van der Waals surface area contributed by atoms with Crippen LogP contribution in [0.1, 0.15) is 32.1 Å². The lowest BCUT2D eigenvalue weighted by atomic mass is 10.3. The summed E-state index contributed by atoms with van der Waals surface area (Å²) in [6.07, 6.45) is 2.43. The Labute approximate surface area is 161 Å². The van der Waals surface area contributed by atoms with Crippen LogP contribution in [0.5, 0.6) is 0 Å². The Morgan fingerprint density at radius 3 is 2.07 bits per heavy atom. The lowest BCUT2D eigenvalue weighted by molar-refractivity contribution is -0.197. The monoisotopic (exact) mass is 416 g/mol. The van der Waals surface area contributed by atoms with Gasteiger partial charge in [-0.15, -0.1) is 5.06 Å². The molecule has 2 aliphatic heterocycles. The number of hydrogen-bond acceptors (Lipinski definition) is 8. The van der Waals surface area contributed by atoms with Gasteiger partial charge in [0.1, 0.15) is 0 Å². The summed E-state index contributed by atoms with van der Waals surface area (Å²) in [6, 6.07) is 0. The zero-order valence-electron chi connectivity index (χ0n) is 14.9. The molecule has 0 aromatic heterocycles. The van der Waals surface area contributed by atoms with Crippen LogP contribution >= 0.6 is 0 Å². The Bertz CT molecular complexity index is 773. The summed E-state index contributed by atoms with van der Waals surface area (Å²) >= 11 is 0. The first-order valence-corrected chi connectivity index (χ1v) is 10.0. The molecule has 0 aromatic rings. The van der Waals surface area contributed by atoms with E-state index in [0.717, 1.165) is 17.1 Å². The molecule has 0 aromatic carbocycles. The van der Waals surface area contributed by atoms with Crippen molar-refractivity contribution in [1.82, 2.24) is 19.4 Å². The van der Waals surface area contributed by atoms with Crippen LogP contribution in [-0.2, 0) is 39.0 Å². The maximum absolute atomic E-state index is 11.8. The Morgan fingerprint density at radius 2 is 1.50 bits per heavy atom. The third-order valence-electron chi connectivity index (χ3n) is 3.80. The molecule has 2 N–H and O–H groups in total. The number of hydroxylamine groups is 2. The summed E-state index contributed by atoms with van der Waals surface area (Å²) < 4.78 is 28.0. The first kappa shape index (κ1) is 21.7. The summed E-state index contributed by atoms with van der Waals surface area (Å²) in [6.45, 7) is 0.0277. The fourth-order valence-corrected chi connectivity index (χ4v) is 3.32. The number of carbonyl (C=O) groups is 5. The van der Waals surface area contributed by atoms with Crippen LogP contribution in [0.4, 0.5) is 0 Å². The van der Waals surface area contributed by atoms with E-state index in [1.54, 1.807) is 0 Å². The van der Waals surface area contributed by atoms with Gasteiger partial charge in [0.2, 0.25) is 0 Å². The van der Waals surface area contributed by atoms with Gasteiger partial charge >= 0.3 is 5.97 Å². The fourth-order valence-electron chi connectivity index (χ4n) is 2.39. The molecule has 4 amide bonds. The molecule has 0 saturated carbocycles. The van der Waals surface area contributed by atoms with Gasteiger partial charge < -0.3 is 4.84 Å². The molecule has 0 radical (unpaired) electrons. The van der Waals surface area contributed by atoms with Gasteiger partial charge in [-0.3, -0.25) is 24.1 Å². The predicted octanol–water partition coefficient (Wildman–Crippen LogP) is -1.89. The zero-order chi connectivity index (χ0) is 20.7. The van der Waals surface area contributed by atoms with Gasteiger partial charge in [0.25, 0.3) is 33.8 Å². The molecule has 28 heavy (non-hydrogen) atoms. The van der Waals surface area contributed by atoms with Crippen molar-refractivity contribution in [2.75, 3.05) is 19.6 Å². The molecule has 1 saturated heterocycles. The molecule has 12 nitrogen and oxygen atoms in total. The molecular formula is C15H20N4O8S. The third kappa shape index (κ3) is 6.21. The third-order valence-corrected chi connectivity index (χ3v) is 4.97. The Hall–Kier alpha value is -2.64. The van der Waals surface area contributed by atoms with Gasteiger partial charge in [-0.05, 0) is 12.8 Å². The molecule has 2 aliphatic rings. The standard InChI is InChI=1S/C15H20N4O8S/c20-11-4-5-12(21)18(11)10-2-9-17-28(25,26)16-8-1-3-15(24)27-19-13(22)6-7-14(19)23/h4-5,16-17H,1-3,6-10H2. The van der Waals surface area contributed by atoms with Crippen molar-refractivity contribution in [3.63, 3.8) is 0 Å². The predicted molar refractivity (Wildman–Crippen MR) is 91.8 cm³/mol. The van der Waals surface area contributed by atoms with Gasteiger partial charge in [0, 0.05) is 51.0 Å². The topological polar surface area (TPSA) is 159 Å². The number of carbonyl (C=O) groups excluding carboxylic acids is 5. The number of amides is 4. The Morgan fingerprint density at radius 1 is 0.964 bits per heavy atom. The number of rotatable bonds is 11. The number of nitrogens with one attached hydrogen (secondary N) is 2. The molecule has 0 aliphatic carbocycles. The second-order valence-corrected chi connectivity index (χ2v) is 7.54. The maximum atomic E-state index is 11.8. The van der Waals surface area contributed by atoms with Crippen molar-refractivity contribution >= 4 is 39.8 Å². The smallest absolute Gasteiger partial charge is 0.330 e. The summed E-state index contributed by atoms with van der Waals surface area (Å²) in [4.78, 5) is 62.5. The molecular weight excluding hydrogens is 396 g/mol. The van der Waals surface area contributed by atoms with Crippen LogP contribution in [0.15, 0.2) is 12.2 Å². The van der Waals surface area contributed by atoms with E-state index in [1.165, 1.54) is 0 Å². The maximum Gasteiger partial charge on any atom is 0.333 e. The Kier molecular flexibility index (Phi) is 7.37. The fraction of sp³-hybridized carbons (Fsp3) is 0.533. The lowest BCUT2D eigenvalue weighted by Crippen LogP contribution is -2.39. The average Bonchev–Trinajstić information content (AvgIpc) is 3.12. The van der Waals surface area contributed by atoms with E-state index < -0.39 is 39.8 Å². The summed E-state index contributed by atoms with van der Waals surface area (Å²) in [5, 5.41) is 0.430. The minimum atomic E-state index is -3.82. The SMILES string of the molecule is O=C(CCCNS(=O)(=O)NCCCN1C(=O)C=CC1=O)ON1C(=O)CCC1=O. The van der Waals surface area contributed by atoms with Crippen molar-refractivity contribution < 1.29 is 37.2 Å². The van der Waals surface area contributed by atoms with E-state index in [4.69, 9.17) is 0 Å². The van der Waals surface area contributed by atoms with Crippen molar-refractivity contribution in [2.45, 2.75) is 32.1 Å². The van der Waals surface area contributed by atoms with E-state index >= 15 is 0 Å². The number of hydrogen-bond donors (Lipinski definition) is 2. The van der Waals surface area contributed by atoms with Crippen molar-refractivity contribution in [3.05, 3.63) is 12.2 Å². The van der Waals surface area contributed by atoms with Crippen molar-refractivity contribution in [2.24, 2.45) is 0 Å². The number of imide groups is 2. The highest BCUT2D eigenvalue weighted by Crippen LogP contribution is 2.12. The van der Waals surface area contributed by atoms with E-state index in [9.17, 15) is 32.4 Å². The van der Waals surface area contributed by atoms with Gasteiger partial charge in [-0.1, -0.05) is 0 Å². The van der Waals surface area contributed by atoms with Gasteiger partial charge in [-0.25, -0.2) is 14.2 Å². The largest absolute Gasteiger partial charge is 0.333 e. The highest BCUT2D eigenvalue weighted by Gasteiger charge is 2.32. The van der Waals surface area contributed by atoms with E-state index in [-0.39, 0.29) is 51.7 Å². The first-order chi connectivity index (χ1) is 13.2. The quantitative estimate of drug-likeness (QED) is 0.292. The minimum absolute atomic E-state index is 0.00578. The minimum Gasteiger partial charge on any atom is -0.330 e. The molecule has 13 heteroatoms. The molecule has 1 fully saturated rings. The van der Waals surface area contributed by atoms with Crippen molar-refractivity contribution in [3.8, 4) is 0 Å². The van der Waals surface area contributed by atoms with Gasteiger partial charge in [-0.2, -0.15) is 8.42 Å². The van der Waals surface area contributed by atoms with Crippen LogP contribution in [-0.4, -0.2) is 67.6 Å². The van der Waals surface area contributed by atoms with Crippen LogP contribution in [0.2, 0.25) is 0 Å². The molecule has 154 valence electrons. The van der Waals surface area contributed by atoms with E-state index in [2.05, 4.69) is 14.3 Å². The second kappa shape index (κ2) is 9.52. The highest BCUT2D eigenvalue weighted by atomic mass is 32.2. The molecule has 2 rings (SSSR count). The first-order valence-electron chi connectivity index (χ1n) is 8.54. The summed E-state index contributed by atoms with van der Waals surface area (Å²) in [5.41, 5.74) is 0.